The van der Waals surface area contributed by atoms with Crippen LogP contribution in [-0.2, 0) is 6.54 Å². The van der Waals surface area contributed by atoms with E-state index in [-0.39, 0.29) is 29.6 Å². The maximum atomic E-state index is 12.1. The van der Waals surface area contributed by atoms with Crippen molar-refractivity contribution >= 4 is 18.3 Å². The smallest absolute Gasteiger partial charge is 0.251 e. The highest BCUT2D eigenvalue weighted by molar-refractivity contribution is 5.94. The van der Waals surface area contributed by atoms with Gasteiger partial charge in [0.1, 0.15) is 0 Å². The van der Waals surface area contributed by atoms with Gasteiger partial charge in [0, 0.05) is 24.1 Å². The third-order valence-corrected chi connectivity index (χ3v) is 3.59. The van der Waals surface area contributed by atoms with Crippen molar-refractivity contribution in [3.63, 3.8) is 0 Å². The fourth-order valence-corrected chi connectivity index (χ4v) is 2.21. The van der Waals surface area contributed by atoms with Gasteiger partial charge in [-0.2, -0.15) is 0 Å². The molecule has 0 aliphatic rings. The van der Waals surface area contributed by atoms with Gasteiger partial charge in [0.25, 0.3) is 5.91 Å². The van der Waals surface area contributed by atoms with Crippen molar-refractivity contribution in [2.75, 3.05) is 6.54 Å². The molecule has 0 fully saturated rings. The van der Waals surface area contributed by atoms with E-state index in [1.165, 1.54) is 0 Å². The molecular formula is C16H27ClN2O2. The molecule has 1 aromatic rings. The van der Waals surface area contributed by atoms with E-state index in [2.05, 4.69) is 5.32 Å². The van der Waals surface area contributed by atoms with Crippen LogP contribution in [0.1, 0.15) is 43.6 Å². The number of hydrogen-bond acceptors (Lipinski definition) is 3. The Labute approximate surface area is 133 Å². The molecule has 21 heavy (non-hydrogen) atoms. The van der Waals surface area contributed by atoms with Crippen molar-refractivity contribution in [3.8, 4) is 0 Å². The summed E-state index contributed by atoms with van der Waals surface area (Å²) in [5.74, 6) is 0.0309. The van der Waals surface area contributed by atoms with Crippen LogP contribution in [-0.4, -0.2) is 23.7 Å². The predicted octanol–water partition coefficient (Wildman–Crippen LogP) is 2.34. The minimum atomic E-state index is -0.456. The fraction of sp³-hybridized carbons (Fsp3) is 0.562. The van der Waals surface area contributed by atoms with E-state index >= 15 is 0 Å². The van der Waals surface area contributed by atoms with Crippen LogP contribution in [0.5, 0.6) is 0 Å². The number of nitrogens with two attached hydrogens (primary N) is 1. The third kappa shape index (κ3) is 5.65. The molecule has 1 unspecified atom stereocenters. The molecular weight excluding hydrogens is 288 g/mol. The van der Waals surface area contributed by atoms with E-state index in [1.807, 2.05) is 39.8 Å². The van der Waals surface area contributed by atoms with Crippen LogP contribution in [0.15, 0.2) is 24.3 Å². The van der Waals surface area contributed by atoms with Gasteiger partial charge in [0.05, 0.1) is 6.10 Å². The van der Waals surface area contributed by atoms with E-state index in [0.29, 0.717) is 18.7 Å². The second-order valence-corrected chi connectivity index (χ2v) is 6.26. The Morgan fingerprint density at radius 2 is 1.81 bits per heavy atom. The highest BCUT2D eigenvalue weighted by Gasteiger charge is 2.30. The average Bonchev–Trinajstić information content (AvgIpc) is 2.44. The molecule has 1 atom stereocenters. The molecule has 0 aromatic heterocycles. The summed E-state index contributed by atoms with van der Waals surface area (Å²) in [5.41, 5.74) is 6.77. The maximum absolute atomic E-state index is 12.1. The van der Waals surface area contributed by atoms with Crippen LogP contribution in [0.3, 0.4) is 0 Å². The summed E-state index contributed by atoms with van der Waals surface area (Å²) >= 11 is 0. The fourth-order valence-electron chi connectivity index (χ4n) is 2.21. The Morgan fingerprint density at radius 1 is 1.29 bits per heavy atom. The van der Waals surface area contributed by atoms with E-state index < -0.39 is 6.10 Å². The van der Waals surface area contributed by atoms with E-state index in [4.69, 9.17) is 5.73 Å². The summed E-state index contributed by atoms with van der Waals surface area (Å²) in [6, 6.07) is 7.23. The molecule has 4 N–H and O–H groups in total. The molecule has 0 saturated heterocycles. The zero-order valence-corrected chi connectivity index (χ0v) is 14.0. The molecule has 1 rings (SSSR count). The number of aliphatic hydroxyl groups is 1. The number of aliphatic hydroxyl groups excluding tert-OH is 1. The third-order valence-electron chi connectivity index (χ3n) is 3.59. The lowest BCUT2D eigenvalue weighted by molar-refractivity contribution is 0.0138. The van der Waals surface area contributed by atoms with Crippen LogP contribution < -0.4 is 11.1 Å². The average molecular weight is 315 g/mol. The Hall–Kier alpha value is -1.10. The number of carbonyl (C=O) groups excluding carboxylic acids is 1. The molecule has 4 nitrogen and oxygen atoms in total. The molecule has 120 valence electrons. The lowest BCUT2D eigenvalue weighted by Crippen LogP contribution is -2.43. The Balaban J connectivity index is 0.00000400. The van der Waals surface area contributed by atoms with E-state index in [0.717, 1.165) is 5.56 Å². The molecule has 1 amide bonds. The van der Waals surface area contributed by atoms with Crippen molar-refractivity contribution in [2.45, 2.75) is 40.3 Å². The van der Waals surface area contributed by atoms with Crippen molar-refractivity contribution < 1.29 is 9.90 Å². The SMILES string of the molecule is CC(C)C(O)C(C)(C)CNC(=O)c1ccc(CN)cc1.Cl. The molecule has 0 heterocycles. The predicted molar refractivity (Wildman–Crippen MR) is 88.5 cm³/mol. The molecule has 0 radical (unpaired) electrons. The number of nitrogens with one attached hydrogen (secondary N) is 1. The van der Waals surface area contributed by atoms with Gasteiger partial charge in [-0.1, -0.05) is 39.8 Å². The lowest BCUT2D eigenvalue weighted by Gasteiger charge is -2.33. The highest BCUT2D eigenvalue weighted by Crippen LogP contribution is 2.25. The van der Waals surface area contributed by atoms with Crippen LogP contribution in [0, 0.1) is 11.3 Å². The number of amides is 1. The first kappa shape index (κ1) is 19.9. The summed E-state index contributed by atoms with van der Waals surface area (Å²) in [6.45, 7) is 8.75. The molecule has 5 heteroatoms. The number of halogens is 1. The Bertz CT molecular complexity index is 444. The quantitative estimate of drug-likeness (QED) is 0.754. The van der Waals surface area contributed by atoms with Crippen LogP contribution >= 0.6 is 12.4 Å². The van der Waals surface area contributed by atoms with Crippen molar-refractivity contribution in [2.24, 2.45) is 17.1 Å². The zero-order valence-electron chi connectivity index (χ0n) is 13.2. The zero-order chi connectivity index (χ0) is 15.3. The second-order valence-electron chi connectivity index (χ2n) is 6.26. The van der Waals surface area contributed by atoms with Crippen LogP contribution in [0.25, 0.3) is 0 Å². The summed E-state index contributed by atoms with van der Waals surface area (Å²) in [5, 5.41) is 13.0. The maximum Gasteiger partial charge on any atom is 0.251 e. The Kier molecular flexibility index (Phi) is 7.93. The first-order valence-corrected chi connectivity index (χ1v) is 7.03. The summed E-state index contributed by atoms with van der Waals surface area (Å²) < 4.78 is 0. The summed E-state index contributed by atoms with van der Waals surface area (Å²) in [7, 11) is 0. The highest BCUT2D eigenvalue weighted by atomic mass is 35.5. The number of carbonyl (C=O) groups is 1. The van der Waals surface area contributed by atoms with E-state index in [9.17, 15) is 9.90 Å². The molecule has 0 aliphatic carbocycles. The van der Waals surface area contributed by atoms with Crippen LogP contribution in [0.4, 0.5) is 0 Å². The summed E-state index contributed by atoms with van der Waals surface area (Å²) in [4.78, 5) is 12.1. The van der Waals surface area contributed by atoms with Gasteiger partial charge in [-0.05, 0) is 23.6 Å². The topological polar surface area (TPSA) is 75.3 Å². The Morgan fingerprint density at radius 3 is 2.24 bits per heavy atom. The second kappa shape index (κ2) is 8.37. The van der Waals surface area contributed by atoms with Gasteiger partial charge in [-0.25, -0.2) is 0 Å². The molecule has 0 aliphatic heterocycles. The van der Waals surface area contributed by atoms with Gasteiger partial charge < -0.3 is 16.2 Å². The first-order valence-electron chi connectivity index (χ1n) is 7.03. The van der Waals surface area contributed by atoms with E-state index in [1.54, 1.807) is 12.1 Å². The van der Waals surface area contributed by atoms with Crippen molar-refractivity contribution in [3.05, 3.63) is 35.4 Å². The molecule has 1 aromatic carbocycles. The molecule has 0 spiro atoms. The number of rotatable bonds is 6. The van der Waals surface area contributed by atoms with Crippen molar-refractivity contribution in [1.29, 1.82) is 0 Å². The van der Waals surface area contributed by atoms with Gasteiger partial charge in [0.15, 0.2) is 0 Å². The van der Waals surface area contributed by atoms with Gasteiger partial charge in [-0.3, -0.25) is 4.79 Å². The lowest BCUT2D eigenvalue weighted by atomic mass is 9.80. The normalized spacial score (nSPS) is 12.7. The minimum Gasteiger partial charge on any atom is -0.392 e. The summed E-state index contributed by atoms with van der Waals surface area (Å²) in [6.07, 6.45) is -0.456. The van der Waals surface area contributed by atoms with Crippen molar-refractivity contribution in [1.82, 2.24) is 5.32 Å². The number of hydrogen-bond donors (Lipinski definition) is 3. The van der Waals surface area contributed by atoms with Gasteiger partial charge in [0.2, 0.25) is 0 Å². The number of benzene rings is 1. The van der Waals surface area contributed by atoms with Gasteiger partial charge in [-0.15, -0.1) is 12.4 Å². The molecule has 0 bridgehead atoms. The van der Waals surface area contributed by atoms with Gasteiger partial charge >= 0.3 is 0 Å². The minimum absolute atomic E-state index is 0. The van der Waals surface area contributed by atoms with Crippen LogP contribution in [0.2, 0.25) is 0 Å². The molecule has 0 saturated carbocycles. The standard InChI is InChI=1S/C16H26N2O2.ClH/c1-11(2)14(19)16(3,4)10-18-15(20)13-7-5-12(9-17)6-8-13;/h5-8,11,14,19H,9-10,17H2,1-4H3,(H,18,20);1H. The monoisotopic (exact) mass is 314 g/mol. The largest absolute Gasteiger partial charge is 0.392 e. The first-order chi connectivity index (χ1) is 9.27.